The highest BCUT2D eigenvalue weighted by Gasteiger charge is 1.99. The van der Waals surface area contributed by atoms with Crippen molar-refractivity contribution in [1.29, 1.82) is 0 Å². The van der Waals surface area contributed by atoms with Crippen LogP contribution in [0.2, 0.25) is 0 Å². The van der Waals surface area contributed by atoms with Crippen molar-refractivity contribution in [2.45, 2.75) is 0 Å². The molecule has 0 saturated heterocycles. The Morgan fingerprint density at radius 2 is 2.14 bits per heavy atom. The number of carbonyl (C=O) groups is 1. The summed E-state index contributed by atoms with van der Waals surface area (Å²) in [4.78, 5) is 9.63. The third-order valence-electron chi connectivity index (χ3n) is 0.477. The van der Waals surface area contributed by atoms with Gasteiger partial charge in [-0.2, -0.15) is 0 Å². The van der Waals surface area contributed by atoms with E-state index in [1.54, 1.807) is 0 Å². The Labute approximate surface area is 40.9 Å². The van der Waals surface area contributed by atoms with Crippen LogP contribution in [0.4, 0.5) is 0 Å². The van der Waals surface area contributed by atoms with E-state index < -0.39 is 12.6 Å². The van der Waals surface area contributed by atoms with Crippen LogP contribution in [0.1, 0.15) is 0 Å². The molecule has 0 fully saturated rings. The minimum Gasteiger partial charge on any atom is -0.478 e. The van der Waals surface area contributed by atoms with E-state index in [-0.39, 0.29) is 5.57 Å². The minimum atomic E-state index is -1.21. The highest BCUT2D eigenvalue weighted by molar-refractivity contribution is 5.85. The number of carboxylic acids is 1. The van der Waals surface area contributed by atoms with E-state index in [4.69, 9.17) is 5.11 Å². The Morgan fingerprint density at radius 1 is 1.71 bits per heavy atom. The van der Waals surface area contributed by atoms with Gasteiger partial charge >= 0.3 is 5.97 Å². The third-order valence-corrected chi connectivity index (χ3v) is 0.477. The quantitative estimate of drug-likeness (QED) is 0.500. The van der Waals surface area contributed by atoms with Crippen LogP contribution in [-0.4, -0.2) is 17.7 Å². The fourth-order valence-electron chi connectivity index (χ4n) is 0.0617. The molecule has 0 aromatic heterocycles. The van der Waals surface area contributed by atoms with Crippen LogP contribution < -0.4 is 0 Å². The van der Waals surface area contributed by atoms with E-state index >= 15 is 0 Å². The fourth-order valence-corrected chi connectivity index (χ4v) is 0.0617. The Bertz CT molecular complexity index is 95.1. The Morgan fingerprint density at radius 3 is 2.14 bits per heavy atom. The Kier molecular flexibility index (Phi) is 2.08. The largest absolute Gasteiger partial charge is 0.478 e. The van der Waals surface area contributed by atoms with E-state index in [1.807, 2.05) is 0 Å². The molecule has 0 atom stereocenters. The summed E-state index contributed by atoms with van der Waals surface area (Å²) >= 11 is 0. The summed E-state index contributed by atoms with van der Waals surface area (Å²) in [5.74, 6) is -1.21. The lowest BCUT2D eigenvalue weighted by molar-refractivity contribution is -0.133. The second kappa shape index (κ2) is 2.36. The first-order chi connectivity index (χ1) is 3.18. The summed E-state index contributed by atoms with van der Waals surface area (Å²) in [6.45, 7) is 2.23. The van der Waals surface area contributed by atoms with Crippen molar-refractivity contribution in [3.8, 4) is 0 Å². The molecule has 0 unspecified atom stereocenters. The molecule has 0 saturated carbocycles. The Balaban J connectivity index is 3.58. The molecule has 1 N–H and O–H groups in total. The molecule has 1 radical (unpaired) electrons. The second-order valence-corrected chi connectivity index (χ2v) is 1.05. The van der Waals surface area contributed by atoms with Gasteiger partial charge in [0.2, 0.25) is 0 Å². The highest BCUT2D eigenvalue weighted by atomic mass is 16.4. The molecular formula is C4H5O3. The zero-order valence-corrected chi connectivity index (χ0v) is 3.68. The maximum absolute atomic E-state index is 9.63. The molecule has 0 bridgehead atoms. The summed E-state index contributed by atoms with van der Waals surface area (Å²) in [6.07, 6.45) is 0. The van der Waals surface area contributed by atoms with Crippen LogP contribution in [0.15, 0.2) is 12.2 Å². The van der Waals surface area contributed by atoms with Crippen LogP contribution in [0.25, 0.3) is 0 Å². The average molecular weight is 101 g/mol. The molecule has 7 heavy (non-hydrogen) atoms. The number of hydrogen-bond acceptors (Lipinski definition) is 1. The van der Waals surface area contributed by atoms with Crippen molar-refractivity contribution in [2.24, 2.45) is 0 Å². The van der Waals surface area contributed by atoms with E-state index in [1.165, 1.54) is 0 Å². The normalized spacial score (nSPS) is 8.14. The Hall–Kier alpha value is -0.830. The topological polar surface area (TPSA) is 57.2 Å². The minimum absolute atomic E-state index is 0.292. The lowest BCUT2D eigenvalue weighted by atomic mass is 10.3. The van der Waals surface area contributed by atoms with Gasteiger partial charge in [0.1, 0.15) is 6.61 Å². The molecule has 0 aromatic rings. The SMILES string of the molecule is C=C(C[O])C(=O)O. The number of carboxylic acid groups (broad SMARTS) is 1. The third kappa shape index (κ3) is 1.94. The van der Waals surface area contributed by atoms with Gasteiger partial charge < -0.3 is 5.11 Å². The number of rotatable bonds is 2. The molecule has 3 heteroatoms. The van der Waals surface area contributed by atoms with Crippen LogP contribution in [0, 0.1) is 0 Å². The molecule has 0 aliphatic heterocycles. The molecular weight excluding hydrogens is 96.0 g/mol. The van der Waals surface area contributed by atoms with Gasteiger partial charge in [0, 0.05) is 0 Å². The molecule has 0 spiro atoms. The first-order valence-corrected chi connectivity index (χ1v) is 1.67. The molecule has 0 aliphatic carbocycles. The average Bonchev–Trinajstić information content (AvgIpc) is 1.65. The van der Waals surface area contributed by atoms with Gasteiger partial charge in [-0.1, -0.05) is 6.58 Å². The van der Waals surface area contributed by atoms with Crippen molar-refractivity contribution in [3.05, 3.63) is 12.2 Å². The highest BCUT2D eigenvalue weighted by Crippen LogP contribution is 1.83. The predicted octanol–water partition coefficient (Wildman–Crippen LogP) is 0.0577. The second-order valence-electron chi connectivity index (χ2n) is 1.05. The van der Waals surface area contributed by atoms with Crippen LogP contribution in [0.3, 0.4) is 0 Å². The van der Waals surface area contributed by atoms with E-state index in [0.717, 1.165) is 0 Å². The maximum Gasteiger partial charge on any atom is 0.333 e. The predicted molar refractivity (Wildman–Crippen MR) is 22.3 cm³/mol. The summed E-state index contributed by atoms with van der Waals surface area (Å²) < 4.78 is 0. The van der Waals surface area contributed by atoms with Crippen molar-refractivity contribution in [3.63, 3.8) is 0 Å². The molecule has 0 aliphatic rings. The van der Waals surface area contributed by atoms with Gasteiger partial charge in [0.15, 0.2) is 0 Å². The maximum atomic E-state index is 9.63. The van der Waals surface area contributed by atoms with E-state index in [9.17, 15) is 9.90 Å². The van der Waals surface area contributed by atoms with Gasteiger partial charge in [-0.05, 0) is 0 Å². The molecule has 0 heterocycles. The fraction of sp³-hybridized carbons (Fsp3) is 0.250. The van der Waals surface area contributed by atoms with Crippen LogP contribution in [0.5, 0.6) is 0 Å². The summed E-state index contributed by atoms with van der Waals surface area (Å²) in [5.41, 5.74) is -0.292. The van der Waals surface area contributed by atoms with Gasteiger partial charge in [-0.15, -0.1) is 0 Å². The molecule has 3 nitrogen and oxygen atoms in total. The van der Waals surface area contributed by atoms with Crippen molar-refractivity contribution >= 4 is 5.97 Å². The van der Waals surface area contributed by atoms with Crippen LogP contribution >= 0.6 is 0 Å². The van der Waals surface area contributed by atoms with Gasteiger partial charge in [0.25, 0.3) is 0 Å². The van der Waals surface area contributed by atoms with Gasteiger partial charge in [0.05, 0.1) is 5.57 Å². The van der Waals surface area contributed by atoms with Crippen LogP contribution in [-0.2, 0) is 9.90 Å². The lowest BCUT2D eigenvalue weighted by Crippen LogP contribution is -2.00. The van der Waals surface area contributed by atoms with Gasteiger partial charge in [-0.3, -0.25) is 0 Å². The van der Waals surface area contributed by atoms with E-state index in [0.29, 0.717) is 0 Å². The first kappa shape index (κ1) is 6.17. The molecule has 0 aromatic carbocycles. The first-order valence-electron chi connectivity index (χ1n) is 1.67. The molecule has 0 rings (SSSR count). The zero-order chi connectivity index (χ0) is 5.86. The van der Waals surface area contributed by atoms with E-state index in [2.05, 4.69) is 6.58 Å². The molecule has 0 amide bonds. The summed E-state index contributed by atoms with van der Waals surface area (Å²) in [5, 5.41) is 17.5. The summed E-state index contributed by atoms with van der Waals surface area (Å²) in [6, 6.07) is 0. The zero-order valence-electron chi connectivity index (χ0n) is 3.68. The van der Waals surface area contributed by atoms with Crippen molar-refractivity contribution in [1.82, 2.24) is 0 Å². The molecule has 39 valence electrons. The summed E-state index contributed by atoms with van der Waals surface area (Å²) in [7, 11) is 0. The van der Waals surface area contributed by atoms with Gasteiger partial charge in [-0.25, -0.2) is 9.90 Å². The smallest absolute Gasteiger partial charge is 0.333 e. The lowest BCUT2D eigenvalue weighted by Gasteiger charge is -1.85. The number of aliphatic carboxylic acids is 1. The van der Waals surface area contributed by atoms with Crippen molar-refractivity contribution < 1.29 is 15.0 Å². The van der Waals surface area contributed by atoms with Crippen molar-refractivity contribution in [2.75, 3.05) is 6.61 Å². The number of hydrogen-bond donors (Lipinski definition) is 1. The monoisotopic (exact) mass is 101 g/mol. The standard InChI is InChI=1S/C4H5O3/c1-3(2-5)4(6)7/h1-2H2,(H,6,7).